The van der Waals surface area contributed by atoms with Crippen molar-refractivity contribution in [2.24, 2.45) is 0 Å². The van der Waals surface area contributed by atoms with Crippen molar-refractivity contribution >= 4 is 16.3 Å². The summed E-state index contributed by atoms with van der Waals surface area (Å²) in [6.45, 7) is 0. The molecule has 1 N–H and O–H groups in total. The third-order valence-corrected chi connectivity index (χ3v) is 1.93. The number of nitrogens with one attached hydrogen (secondary N) is 1. The number of fused-ring (bicyclic) bond motifs is 1. The Bertz CT molecular complexity index is 218. The highest BCUT2D eigenvalue weighted by Crippen LogP contribution is 2.32. The SMILES string of the molecule is C1=COc2ccsc2N1. The number of hydrogen-bond acceptors (Lipinski definition) is 3. The van der Waals surface area contributed by atoms with E-state index in [9.17, 15) is 0 Å². The highest BCUT2D eigenvalue weighted by molar-refractivity contribution is 7.14. The Hall–Kier alpha value is -0.960. The van der Waals surface area contributed by atoms with Crippen molar-refractivity contribution in [3.05, 3.63) is 23.9 Å². The summed E-state index contributed by atoms with van der Waals surface area (Å²) < 4.78 is 5.13. The topological polar surface area (TPSA) is 21.3 Å². The maximum atomic E-state index is 5.13. The van der Waals surface area contributed by atoms with Crippen LogP contribution < -0.4 is 10.1 Å². The monoisotopic (exact) mass is 139 g/mol. The fourth-order valence-electron chi connectivity index (χ4n) is 0.713. The zero-order chi connectivity index (χ0) is 6.10. The molecule has 0 saturated heterocycles. The lowest BCUT2D eigenvalue weighted by Crippen LogP contribution is -1.94. The summed E-state index contributed by atoms with van der Waals surface area (Å²) in [5.74, 6) is 0.919. The van der Waals surface area contributed by atoms with Gasteiger partial charge < -0.3 is 10.1 Å². The van der Waals surface area contributed by atoms with Crippen molar-refractivity contribution in [3.63, 3.8) is 0 Å². The minimum absolute atomic E-state index is 0.919. The van der Waals surface area contributed by atoms with Gasteiger partial charge in [0.05, 0.1) is 0 Å². The van der Waals surface area contributed by atoms with Gasteiger partial charge in [-0.2, -0.15) is 0 Å². The first-order chi connectivity index (χ1) is 4.47. The Morgan fingerprint density at radius 3 is 3.44 bits per heavy atom. The lowest BCUT2D eigenvalue weighted by atomic mass is 10.5. The first-order valence-corrected chi connectivity index (χ1v) is 3.50. The van der Waals surface area contributed by atoms with Crippen molar-refractivity contribution < 1.29 is 4.74 Å². The van der Waals surface area contributed by atoms with Crippen molar-refractivity contribution in [1.29, 1.82) is 0 Å². The molecule has 1 aliphatic heterocycles. The maximum Gasteiger partial charge on any atom is 0.161 e. The quantitative estimate of drug-likeness (QED) is 0.593. The Labute approximate surface area is 56.8 Å². The molecule has 0 spiro atoms. The van der Waals surface area contributed by atoms with E-state index < -0.39 is 0 Å². The van der Waals surface area contributed by atoms with Gasteiger partial charge in [-0.05, 0) is 11.4 Å². The van der Waals surface area contributed by atoms with Gasteiger partial charge in [0.25, 0.3) is 0 Å². The second-order valence-electron chi connectivity index (χ2n) is 1.68. The number of hydrogen-bond donors (Lipinski definition) is 1. The summed E-state index contributed by atoms with van der Waals surface area (Å²) in [5, 5.41) is 6.13. The van der Waals surface area contributed by atoms with Gasteiger partial charge >= 0.3 is 0 Å². The van der Waals surface area contributed by atoms with Gasteiger partial charge in [-0.25, -0.2) is 0 Å². The lowest BCUT2D eigenvalue weighted by Gasteiger charge is -2.06. The van der Waals surface area contributed by atoms with E-state index in [0.717, 1.165) is 10.8 Å². The van der Waals surface area contributed by atoms with E-state index in [1.165, 1.54) is 0 Å². The largest absolute Gasteiger partial charge is 0.460 e. The molecule has 0 aromatic carbocycles. The molecule has 0 bridgehead atoms. The molecular weight excluding hydrogens is 134 g/mol. The predicted octanol–water partition coefficient (Wildman–Crippen LogP) is 2.02. The molecule has 2 heterocycles. The molecule has 0 atom stereocenters. The van der Waals surface area contributed by atoms with E-state index in [1.807, 2.05) is 11.4 Å². The number of thiophene rings is 1. The van der Waals surface area contributed by atoms with Gasteiger partial charge in [0.2, 0.25) is 0 Å². The molecule has 2 nitrogen and oxygen atoms in total. The van der Waals surface area contributed by atoms with Crippen LogP contribution in [0.25, 0.3) is 0 Å². The molecule has 46 valence electrons. The molecule has 0 saturated carbocycles. The molecule has 1 aromatic rings. The highest BCUT2D eigenvalue weighted by Gasteiger charge is 2.04. The van der Waals surface area contributed by atoms with E-state index in [1.54, 1.807) is 23.8 Å². The van der Waals surface area contributed by atoms with Crippen LogP contribution in [0.2, 0.25) is 0 Å². The Morgan fingerprint density at radius 2 is 2.56 bits per heavy atom. The van der Waals surface area contributed by atoms with Crippen LogP contribution >= 0.6 is 11.3 Å². The van der Waals surface area contributed by atoms with E-state index in [-0.39, 0.29) is 0 Å². The second kappa shape index (κ2) is 1.77. The standard InChI is InChI=1S/C6H5NOS/c1-4-9-6-5(1)8-3-2-7-6/h1-4,7H. The summed E-state index contributed by atoms with van der Waals surface area (Å²) in [6.07, 6.45) is 3.41. The number of anilines is 1. The van der Waals surface area contributed by atoms with Crippen LogP contribution in [0.3, 0.4) is 0 Å². The smallest absolute Gasteiger partial charge is 0.161 e. The Morgan fingerprint density at radius 1 is 1.56 bits per heavy atom. The third kappa shape index (κ3) is 0.695. The van der Waals surface area contributed by atoms with Crippen LogP contribution in [0.1, 0.15) is 0 Å². The van der Waals surface area contributed by atoms with E-state index in [0.29, 0.717) is 0 Å². The summed E-state index contributed by atoms with van der Waals surface area (Å²) in [4.78, 5) is 0. The molecule has 0 unspecified atom stereocenters. The third-order valence-electron chi connectivity index (χ3n) is 1.11. The summed E-state index contributed by atoms with van der Waals surface area (Å²) >= 11 is 1.64. The van der Waals surface area contributed by atoms with Gasteiger partial charge in [0, 0.05) is 6.20 Å². The molecule has 0 fully saturated rings. The van der Waals surface area contributed by atoms with Crippen molar-refractivity contribution in [1.82, 2.24) is 0 Å². The molecule has 2 rings (SSSR count). The zero-order valence-corrected chi connectivity index (χ0v) is 5.44. The maximum absolute atomic E-state index is 5.13. The minimum Gasteiger partial charge on any atom is -0.460 e. The predicted molar refractivity (Wildman–Crippen MR) is 37.7 cm³/mol. The zero-order valence-electron chi connectivity index (χ0n) is 4.63. The van der Waals surface area contributed by atoms with Gasteiger partial charge in [-0.3, -0.25) is 0 Å². The fourth-order valence-corrected chi connectivity index (χ4v) is 1.41. The van der Waals surface area contributed by atoms with Gasteiger partial charge in [-0.15, -0.1) is 11.3 Å². The lowest BCUT2D eigenvalue weighted by molar-refractivity contribution is 0.479. The Kier molecular flexibility index (Phi) is 0.960. The van der Waals surface area contributed by atoms with E-state index >= 15 is 0 Å². The van der Waals surface area contributed by atoms with Crippen molar-refractivity contribution in [2.75, 3.05) is 5.32 Å². The van der Waals surface area contributed by atoms with E-state index in [4.69, 9.17) is 4.74 Å². The second-order valence-corrected chi connectivity index (χ2v) is 2.60. The molecule has 0 amide bonds. The first kappa shape index (κ1) is 4.88. The van der Waals surface area contributed by atoms with Crippen LogP contribution in [0.4, 0.5) is 5.00 Å². The number of rotatable bonds is 0. The first-order valence-electron chi connectivity index (χ1n) is 2.62. The molecule has 0 aliphatic carbocycles. The van der Waals surface area contributed by atoms with Crippen LogP contribution in [0.5, 0.6) is 5.75 Å². The van der Waals surface area contributed by atoms with Crippen LogP contribution in [0, 0.1) is 0 Å². The van der Waals surface area contributed by atoms with Crippen LogP contribution in [0.15, 0.2) is 23.9 Å². The summed E-state index contributed by atoms with van der Waals surface area (Å²) in [7, 11) is 0. The number of ether oxygens (including phenoxy) is 1. The highest BCUT2D eigenvalue weighted by atomic mass is 32.1. The average molecular weight is 139 g/mol. The average Bonchev–Trinajstić information content (AvgIpc) is 2.33. The van der Waals surface area contributed by atoms with Crippen molar-refractivity contribution in [2.45, 2.75) is 0 Å². The molecule has 9 heavy (non-hydrogen) atoms. The Balaban J connectivity index is 2.46. The summed E-state index contributed by atoms with van der Waals surface area (Å²) in [5.41, 5.74) is 0. The van der Waals surface area contributed by atoms with Crippen LogP contribution in [-0.4, -0.2) is 0 Å². The molecular formula is C6H5NOS. The summed E-state index contributed by atoms with van der Waals surface area (Å²) in [6, 6.07) is 1.94. The molecule has 0 radical (unpaired) electrons. The molecule has 3 heteroatoms. The molecule has 1 aromatic heterocycles. The fraction of sp³-hybridized carbons (Fsp3) is 0. The molecule has 1 aliphatic rings. The van der Waals surface area contributed by atoms with Crippen LogP contribution in [-0.2, 0) is 0 Å². The van der Waals surface area contributed by atoms with E-state index in [2.05, 4.69) is 5.32 Å². The van der Waals surface area contributed by atoms with Gasteiger partial charge in [-0.1, -0.05) is 0 Å². The van der Waals surface area contributed by atoms with Gasteiger partial charge in [0.1, 0.15) is 11.3 Å². The normalized spacial score (nSPS) is 13.8. The van der Waals surface area contributed by atoms with Crippen molar-refractivity contribution in [3.8, 4) is 5.75 Å². The minimum atomic E-state index is 0.919. The van der Waals surface area contributed by atoms with Gasteiger partial charge in [0.15, 0.2) is 5.75 Å².